The number of ether oxygens (including phenoxy) is 1. The lowest BCUT2D eigenvalue weighted by molar-refractivity contribution is -0.142. The van der Waals surface area contributed by atoms with Crippen molar-refractivity contribution in [3.05, 3.63) is 24.3 Å². The molecule has 1 aromatic carbocycles. The van der Waals surface area contributed by atoms with E-state index in [1.165, 1.54) is 0 Å². The highest BCUT2D eigenvalue weighted by Gasteiger charge is 2.17. The van der Waals surface area contributed by atoms with E-state index in [1.807, 2.05) is 6.92 Å². The first-order valence-electron chi connectivity index (χ1n) is 6.85. The standard InChI is InChI=1S/C15H22N2O4/c1-4-17(9-11(2)15(19)20)10-14(18)16-12-5-7-13(21-3)8-6-12/h5-8,11H,4,9-10H2,1-3H3,(H,16,18)(H,19,20). The van der Waals surface area contributed by atoms with Gasteiger partial charge in [-0.3, -0.25) is 14.5 Å². The molecule has 0 saturated carbocycles. The lowest BCUT2D eigenvalue weighted by atomic mass is 10.1. The minimum Gasteiger partial charge on any atom is -0.497 e. The minimum atomic E-state index is -0.857. The summed E-state index contributed by atoms with van der Waals surface area (Å²) >= 11 is 0. The van der Waals surface area contributed by atoms with E-state index in [9.17, 15) is 9.59 Å². The van der Waals surface area contributed by atoms with Gasteiger partial charge in [-0.25, -0.2) is 0 Å². The second kappa shape index (κ2) is 8.26. The van der Waals surface area contributed by atoms with Crippen LogP contribution in [-0.4, -0.2) is 48.6 Å². The van der Waals surface area contributed by atoms with Gasteiger partial charge >= 0.3 is 5.97 Å². The van der Waals surface area contributed by atoms with Gasteiger partial charge in [-0.2, -0.15) is 0 Å². The molecule has 21 heavy (non-hydrogen) atoms. The molecule has 116 valence electrons. The van der Waals surface area contributed by atoms with Crippen LogP contribution in [0.15, 0.2) is 24.3 Å². The number of hydrogen-bond acceptors (Lipinski definition) is 4. The number of likely N-dealkylation sites (N-methyl/N-ethyl adjacent to an activating group) is 1. The van der Waals surface area contributed by atoms with Crippen LogP contribution in [0.2, 0.25) is 0 Å². The number of carbonyl (C=O) groups excluding carboxylic acids is 1. The van der Waals surface area contributed by atoms with Gasteiger partial charge in [0, 0.05) is 12.2 Å². The Kier molecular flexibility index (Phi) is 6.68. The number of nitrogens with one attached hydrogen (secondary N) is 1. The average Bonchev–Trinajstić information content (AvgIpc) is 2.47. The lowest BCUT2D eigenvalue weighted by Crippen LogP contribution is -2.37. The molecule has 0 radical (unpaired) electrons. The second-order valence-electron chi connectivity index (χ2n) is 4.84. The topological polar surface area (TPSA) is 78.9 Å². The highest BCUT2D eigenvalue weighted by atomic mass is 16.5. The molecule has 1 amide bonds. The number of aliphatic carboxylic acids is 1. The number of benzene rings is 1. The number of rotatable bonds is 8. The first kappa shape index (κ1) is 17.0. The predicted molar refractivity (Wildman–Crippen MR) is 80.5 cm³/mol. The van der Waals surface area contributed by atoms with E-state index >= 15 is 0 Å². The number of nitrogens with zero attached hydrogens (tertiary/aromatic N) is 1. The third-order valence-corrected chi connectivity index (χ3v) is 3.14. The Morgan fingerprint density at radius 1 is 1.33 bits per heavy atom. The van der Waals surface area contributed by atoms with Crippen molar-refractivity contribution in [1.29, 1.82) is 0 Å². The molecule has 6 nitrogen and oxygen atoms in total. The van der Waals surface area contributed by atoms with Crippen molar-refractivity contribution in [1.82, 2.24) is 4.90 Å². The summed E-state index contributed by atoms with van der Waals surface area (Å²) in [5.74, 6) is -0.805. The zero-order valence-electron chi connectivity index (χ0n) is 12.6. The Labute approximate surface area is 124 Å². The number of carboxylic acids is 1. The van der Waals surface area contributed by atoms with Crippen LogP contribution >= 0.6 is 0 Å². The fraction of sp³-hybridized carbons (Fsp3) is 0.467. The highest BCUT2D eigenvalue weighted by Crippen LogP contribution is 2.14. The molecule has 0 spiro atoms. The van der Waals surface area contributed by atoms with Gasteiger partial charge in [0.15, 0.2) is 0 Å². The molecule has 0 aliphatic carbocycles. The summed E-state index contributed by atoms with van der Waals surface area (Å²) in [6.45, 7) is 4.66. The van der Waals surface area contributed by atoms with Crippen molar-refractivity contribution < 1.29 is 19.4 Å². The average molecular weight is 294 g/mol. The van der Waals surface area contributed by atoms with Gasteiger partial charge in [-0.05, 0) is 30.8 Å². The van der Waals surface area contributed by atoms with Crippen molar-refractivity contribution in [2.45, 2.75) is 13.8 Å². The van der Waals surface area contributed by atoms with Crippen LogP contribution in [0.1, 0.15) is 13.8 Å². The molecular formula is C15H22N2O4. The van der Waals surface area contributed by atoms with E-state index in [1.54, 1.807) is 43.2 Å². The molecule has 2 N–H and O–H groups in total. The molecule has 1 rings (SSSR count). The molecule has 0 heterocycles. The van der Waals surface area contributed by atoms with E-state index in [0.717, 1.165) is 5.75 Å². The third kappa shape index (κ3) is 5.83. The maximum atomic E-state index is 12.0. The molecule has 1 unspecified atom stereocenters. The second-order valence-corrected chi connectivity index (χ2v) is 4.84. The number of carboxylic acid groups (broad SMARTS) is 1. The van der Waals surface area contributed by atoms with Gasteiger partial charge in [0.1, 0.15) is 5.75 Å². The van der Waals surface area contributed by atoms with Crippen LogP contribution in [0.25, 0.3) is 0 Å². The summed E-state index contributed by atoms with van der Waals surface area (Å²) < 4.78 is 5.05. The van der Waals surface area contributed by atoms with E-state index < -0.39 is 11.9 Å². The third-order valence-electron chi connectivity index (χ3n) is 3.14. The quantitative estimate of drug-likeness (QED) is 0.762. The molecule has 0 fully saturated rings. The normalized spacial score (nSPS) is 12.0. The summed E-state index contributed by atoms with van der Waals surface area (Å²) in [6, 6.07) is 7.04. The number of amides is 1. The van der Waals surface area contributed by atoms with Crippen LogP contribution in [-0.2, 0) is 9.59 Å². The lowest BCUT2D eigenvalue weighted by Gasteiger charge is -2.21. The zero-order valence-corrected chi connectivity index (χ0v) is 12.6. The molecule has 1 aromatic rings. The van der Waals surface area contributed by atoms with Gasteiger partial charge in [-0.15, -0.1) is 0 Å². The van der Waals surface area contributed by atoms with Gasteiger partial charge in [0.2, 0.25) is 5.91 Å². The largest absolute Gasteiger partial charge is 0.497 e. The molecule has 0 aromatic heterocycles. The minimum absolute atomic E-state index is 0.167. The Bertz CT molecular complexity index is 473. The van der Waals surface area contributed by atoms with E-state index in [4.69, 9.17) is 9.84 Å². The maximum absolute atomic E-state index is 12.0. The molecule has 6 heteroatoms. The van der Waals surface area contributed by atoms with Crippen LogP contribution in [0.3, 0.4) is 0 Å². The van der Waals surface area contributed by atoms with Crippen LogP contribution in [0, 0.1) is 5.92 Å². The van der Waals surface area contributed by atoms with E-state index in [0.29, 0.717) is 18.8 Å². The van der Waals surface area contributed by atoms with Crippen LogP contribution in [0.5, 0.6) is 5.75 Å². The van der Waals surface area contributed by atoms with Gasteiger partial charge in [0.05, 0.1) is 19.6 Å². The summed E-state index contributed by atoms with van der Waals surface area (Å²) in [6.07, 6.45) is 0. The summed E-state index contributed by atoms with van der Waals surface area (Å²) in [5.41, 5.74) is 0.683. The summed E-state index contributed by atoms with van der Waals surface area (Å²) in [5, 5.41) is 11.7. The molecule has 0 aliphatic heterocycles. The predicted octanol–water partition coefficient (Wildman–Crippen LogP) is 1.68. The van der Waals surface area contributed by atoms with Crippen molar-refractivity contribution in [3.63, 3.8) is 0 Å². The number of anilines is 1. The molecule has 1 atom stereocenters. The van der Waals surface area contributed by atoms with Crippen molar-refractivity contribution >= 4 is 17.6 Å². The van der Waals surface area contributed by atoms with Crippen LogP contribution < -0.4 is 10.1 Å². The number of carbonyl (C=O) groups is 2. The zero-order chi connectivity index (χ0) is 15.8. The first-order valence-corrected chi connectivity index (χ1v) is 6.85. The molecule has 0 aliphatic rings. The SMILES string of the molecule is CCN(CC(=O)Nc1ccc(OC)cc1)CC(C)C(=O)O. The Morgan fingerprint density at radius 2 is 1.95 bits per heavy atom. The molecule has 0 saturated heterocycles. The van der Waals surface area contributed by atoms with E-state index in [2.05, 4.69) is 5.32 Å². The Balaban J connectivity index is 2.51. The fourth-order valence-electron chi connectivity index (χ4n) is 1.85. The van der Waals surface area contributed by atoms with Crippen molar-refractivity contribution in [2.24, 2.45) is 5.92 Å². The summed E-state index contributed by atoms with van der Waals surface area (Å²) in [4.78, 5) is 24.6. The van der Waals surface area contributed by atoms with E-state index in [-0.39, 0.29) is 12.5 Å². The first-order chi connectivity index (χ1) is 9.96. The van der Waals surface area contributed by atoms with Gasteiger partial charge in [-0.1, -0.05) is 13.8 Å². The number of methoxy groups -OCH3 is 1. The maximum Gasteiger partial charge on any atom is 0.307 e. The Hall–Kier alpha value is -2.08. The van der Waals surface area contributed by atoms with Gasteiger partial charge in [0.25, 0.3) is 0 Å². The molecule has 0 bridgehead atoms. The van der Waals surface area contributed by atoms with Crippen LogP contribution in [0.4, 0.5) is 5.69 Å². The monoisotopic (exact) mass is 294 g/mol. The molecular weight excluding hydrogens is 272 g/mol. The smallest absolute Gasteiger partial charge is 0.307 e. The van der Waals surface area contributed by atoms with Crippen molar-refractivity contribution in [3.8, 4) is 5.75 Å². The number of hydrogen-bond donors (Lipinski definition) is 2. The van der Waals surface area contributed by atoms with Crippen molar-refractivity contribution in [2.75, 3.05) is 32.1 Å². The van der Waals surface area contributed by atoms with Gasteiger partial charge < -0.3 is 15.2 Å². The highest BCUT2D eigenvalue weighted by molar-refractivity contribution is 5.92. The fourth-order valence-corrected chi connectivity index (χ4v) is 1.85. The summed E-state index contributed by atoms with van der Waals surface area (Å²) in [7, 11) is 1.58. The Morgan fingerprint density at radius 3 is 2.43 bits per heavy atom.